The summed E-state index contributed by atoms with van der Waals surface area (Å²) in [6.45, 7) is 0. The molecule has 0 unspecified atom stereocenters. The molecule has 0 aromatic carbocycles. The molecule has 0 saturated heterocycles. The van der Waals surface area contributed by atoms with Crippen molar-refractivity contribution in [1.82, 2.24) is 15.0 Å². The van der Waals surface area contributed by atoms with Crippen LogP contribution in [0.1, 0.15) is 0 Å². The van der Waals surface area contributed by atoms with E-state index in [4.69, 9.17) is 0 Å². The van der Waals surface area contributed by atoms with Crippen LogP contribution in [0.3, 0.4) is 0 Å². The number of aromatic hydroxyl groups is 1. The van der Waals surface area contributed by atoms with Gasteiger partial charge in [-0.05, 0) is 30.3 Å². The zero-order valence-electron chi connectivity index (χ0n) is 8.91. The SMILES string of the molecule is Oc1cc2cccnc2nc1-c1cccnc1. The Morgan fingerprint density at radius 2 is 1.94 bits per heavy atom. The number of aromatic nitrogens is 3. The number of hydrogen-bond donors (Lipinski definition) is 1. The molecule has 4 nitrogen and oxygen atoms in total. The maximum absolute atomic E-state index is 9.94. The van der Waals surface area contributed by atoms with Gasteiger partial charge in [-0.3, -0.25) is 4.98 Å². The third-order valence-electron chi connectivity index (χ3n) is 2.50. The highest BCUT2D eigenvalue weighted by Crippen LogP contribution is 2.28. The van der Waals surface area contributed by atoms with Crippen LogP contribution in [0.15, 0.2) is 48.9 Å². The summed E-state index contributed by atoms with van der Waals surface area (Å²) in [4.78, 5) is 12.5. The average molecular weight is 223 g/mol. The first kappa shape index (κ1) is 9.72. The van der Waals surface area contributed by atoms with Crippen LogP contribution in [-0.2, 0) is 0 Å². The smallest absolute Gasteiger partial charge is 0.160 e. The largest absolute Gasteiger partial charge is 0.506 e. The fourth-order valence-electron chi connectivity index (χ4n) is 1.71. The van der Waals surface area contributed by atoms with Gasteiger partial charge in [-0.25, -0.2) is 9.97 Å². The van der Waals surface area contributed by atoms with Crippen molar-refractivity contribution in [2.75, 3.05) is 0 Å². The molecule has 0 atom stereocenters. The predicted molar refractivity (Wildman–Crippen MR) is 64.4 cm³/mol. The van der Waals surface area contributed by atoms with Crippen molar-refractivity contribution in [2.45, 2.75) is 0 Å². The van der Waals surface area contributed by atoms with Gasteiger partial charge in [0.15, 0.2) is 5.65 Å². The summed E-state index contributed by atoms with van der Waals surface area (Å²) in [6, 6.07) is 9.00. The van der Waals surface area contributed by atoms with Crippen LogP contribution in [0, 0.1) is 0 Å². The van der Waals surface area contributed by atoms with E-state index in [1.54, 1.807) is 30.7 Å². The number of nitrogens with zero attached hydrogens (tertiary/aromatic N) is 3. The number of hydrogen-bond acceptors (Lipinski definition) is 4. The van der Waals surface area contributed by atoms with Crippen LogP contribution in [0.25, 0.3) is 22.3 Å². The fourth-order valence-corrected chi connectivity index (χ4v) is 1.71. The first-order valence-corrected chi connectivity index (χ1v) is 5.20. The van der Waals surface area contributed by atoms with E-state index in [1.807, 2.05) is 18.2 Å². The molecule has 3 rings (SSSR count). The third kappa shape index (κ3) is 1.69. The summed E-state index contributed by atoms with van der Waals surface area (Å²) in [5.74, 6) is 0.138. The van der Waals surface area contributed by atoms with Crippen LogP contribution in [0.4, 0.5) is 0 Å². The molecule has 0 saturated carbocycles. The highest BCUT2D eigenvalue weighted by molar-refractivity contribution is 5.81. The standard InChI is InChI=1S/C13H9N3O/c17-11-7-9-3-2-6-15-13(9)16-12(11)10-4-1-5-14-8-10/h1-8,17H. The lowest BCUT2D eigenvalue weighted by Crippen LogP contribution is -1.89. The van der Waals surface area contributed by atoms with Crippen LogP contribution in [0.2, 0.25) is 0 Å². The second-order valence-electron chi connectivity index (χ2n) is 3.65. The summed E-state index contributed by atoms with van der Waals surface area (Å²) < 4.78 is 0. The van der Waals surface area contributed by atoms with Gasteiger partial charge in [0, 0.05) is 29.5 Å². The quantitative estimate of drug-likeness (QED) is 0.688. The van der Waals surface area contributed by atoms with Gasteiger partial charge in [0.25, 0.3) is 0 Å². The van der Waals surface area contributed by atoms with Crippen molar-refractivity contribution < 1.29 is 5.11 Å². The molecule has 82 valence electrons. The molecule has 0 bridgehead atoms. The van der Waals surface area contributed by atoms with Gasteiger partial charge in [-0.15, -0.1) is 0 Å². The fraction of sp³-hybridized carbons (Fsp3) is 0. The summed E-state index contributed by atoms with van der Waals surface area (Å²) in [7, 11) is 0. The molecule has 4 heteroatoms. The minimum Gasteiger partial charge on any atom is -0.506 e. The minimum absolute atomic E-state index is 0.138. The Labute approximate surface area is 97.6 Å². The molecule has 0 amide bonds. The Morgan fingerprint density at radius 3 is 2.76 bits per heavy atom. The Balaban J connectivity index is 2.27. The average Bonchev–Trinajstić information content (AvgIpc) is 2.39. The van der Waals surface area contributed by atoms with E-state index < -0.39 is 0 Å². The van der Waals surface area contributed by atoms with Crippen LogP contribution in [0.5, 0.6) is 5.75 Å². The highest BCUT2D eigenvalue weighted by Gasteiger charge is 2.08. The lowest BCUT2D eigenvalue weighted by Gasteiger charge is -2.04. The van der Waals surface area contributed by atoms with Gasteiger partial charge in [-0.2, -0.15) is 0 Å². The minimum atomic E-state index is 0.138. The Hall–Kier alpha value is -2.49. The summed E-state index contributed by atoms with van der Waals surface area (Å²) in [5, 5.41) is 10.8. The maximum Gasteiger partial charge on any atom is 0.160 e. The van der Waals surface area contributed by atoms with Gasteiger partial charge < -0.3 is 5.11 Å². The second kappa shape index (κ2) is 3.83. The van der Waals surface area contributed by atoms with E-state index in [0.29, 0.717) is 11.3 Å². The van der Waals surface area contributed by atoms with Crippen molar-refractivity contribution in [3.05, 3.63) is 48.9 Å². The molecule has 3 aromatic heterocycles. The topological polar surface area (TPSA) is 58.9 Å². The van der Waals surface area contributed by atoms with E-state index in [9.17, 15) is 5.11 Å². The molecule has 0 aliphatic carbocycles. The highest BCUT2D eigenvalue weighted by atomic mass is 16.3. The lowest BCUT2D eigenvalue weighted by atomic mass is 10.1. The Bertz CT molecular complexity index is 668. The van der Waals surface area contributed by atoms with Gasteiger partial charge in [0.2, 0.25) is 0 Å². The van der Waals surface area contributed by atoms with Crippen LogP contribution in [-0.4, -0.2) is 20.1 Å². The lowest BCUT2D eigenvalue weighted by molar-refractivity contribution is 0.476. The molecule has 3 heterocycles. The van der Waals surface area contributed by atoms with E-state index in [1.165, 1.54) is 0 Å². The molecular weight excluding hydrogens is 214 g/mol. The van der Waals surface area contributed by atoms with E-state index in [2.05, 4.69) is 15.0 Å². The van der Waals surface area contributed by atoms with Crippen molar-refractivity contribution in [3.63, 3.8) is 0 Å². The summed E-state index contributed by atoms with van der Waals surface area (Å²) in [6.07, 6.45) is 5.02. The van der Waals surface area contributed by atoms with E-state index in [-0.39, 0.29) is 5.75 Å². The van der Waals surface area contributed by atoms with Gasteiger partial charge in [0.05, 0.1) is 0 Å². The van der Waals surface area contributed by atoms with E-state index >= 15 is 0 Å². The molecule has 0 spiro atoms. The normalized spacial score (nSPS) is 10.6. The second-order valence-corrected chi connectivity index (χ2v) is 3.65. The van der Waals surface area contributed by atoms with Gasteiger partial charge in [-0.1, -0.05) is 0 Å². The van der Waals surface area contributed by atoms with Crippen LogP contribution < -0.4 is 0 Å². The Kier molecular flexibility index (Phi) is 2.19. The first-order chi connectivity index (χ1) is 8.34. The summed E-state index contributed by atoms with van der Waals surface area (Å²) in [5.41, 5.74) is 1.89. The van der Waals surface area contributed by atoms with Crippen molar-refractivity contribution in [1.29, 1.82) is 0 Å². The molecule has 0 radical (unpaired) electrons. The molecule has 0 aliphatic rings. The predicted octanol–water partition coefficient (Wildman–Crippen LogP) is 2.40. The number of fused-ring (bicyclic) bond motifs is 1. The summed E-state index contributed by atoms with van der Waals surface area (Å²) >= 11 is 0. The number of pyridine rings is 3. The molecule has 3 aromatic rings. The molecule has 1 N–H and O–H groups in total. The first-order valence-electron chi connectivity index (χ1n) is 5.20. The van der Waals surface area contributed by atoms with Crippen molar-refractivity contribution in [2.24, 2.45) is 0 Å². The van der Waals surface area contributed by atoms with Crippen molar-refractivity contribution >= 4 is 11.0 Å². The van der Waals surface area contributed by atoms with Gasteiger partial charge >= 0.3 is 0 Å². The third-order valence-corrected chi connectivity index (χ3v) is 2.50. The van der Waals surface area contributed by atoms with Crippen LogP contribution >= 0.6 is 0 Å². The zero-order chi connectivity index (χ0) is 11.7. The van der Waals surface area contributed by atoms with Crippen molar-refractivity contribution in [3.8, 4) is 17.0 Å². The van der Waals surface area contributed by atoms with Gasteiger partial charge in [0.1, 0.15) is 11.4 Å². The maximum atomic E-state index is 9.94. The molecule has 17 heavy (non-hydrogen) atoms. The van der Waals surface area contributed by atoms with E-state index in [0.717, 1.165) is 10.9 Å². The number of rotatable bonds is 1. The Morgan fingerprint density at radius 1 is 1.06 bits per heavy atom. The monoisotopic (exact) mass is 223 g/mol. The molecular formula is C13H9N3O. The molecule has 0 aliphatic heterocycles. The molecule has 0 fully saturated rings. The zero-order valence-corrected chi connectivity index (χ0v) is 8.91.